The summed E-state index contributed by atoms with van der Waals surface area (Å²) in [7, 11) is 0. The molecule has 1 N–H and O–H groups in total. The SMILES string of the molecule is CCCCCCCCCC(CCCCCC)C(CC1=CC(C(C)(C)C)=C(O)C(C)(C(C)(C)C)C1)C(=O)[O-]. The minimum atomic E-state index is -0.891. The molecule has 0 heterocycles. The number of aliphatic hydroxyl groups is 1. The van der Waals surface area contributed by atoms with Gasteiger partial charge in [0.05, 0.1) is 0 Å². The maximum atomic E-state index is 12.6. The van der Waals surface area contributed by atoms with Gasteiger partial charge in [-0.1, -0.05) is 145 Å². The first-order valence-corrected chi connectivity index (χ1v) is 15.5. The highest BCUT2D eigenvalue weighted by Gasteiger charge is 2.46. The van der Waals surface area contributed by atoms with Gasteiger partial charge in [0, 0.05) is 17.3 Å². The molecule has 37 heavy (non-hydrogen) atoms. The van der Waals surface area contributed by atoms with Crippen LogP contribution in [0.15, 0.2) is 23.0 Å². The molecule has 0 saturated heterocycles. The van der Waals surface area contributed by atoms with Crippen molar-refractivity contribution in [2.24, 2.45) is 28.1 Å². The lowest BCUT2D eigenvalue weighted by Crippen LogP contribution is -2.40. The maximum absolute atomic E-state index is 12.6. The van der Waals surface area contributed by atoms with Gasteiger partial charge in [0.15, 0.2) is 0 Å². The summed E-state index contributed by atoms with van der Waals surface area (Å²) in [4.78, 5) is 12.6. The van der Waals surface area contributed by atoms with Crippen LogP contribution < -0.4 is 5.11 Å². The molecule has 1 rings (SSSR count). The van der Waals surface area contributed by atoms with Crippen molar-refractivity contribution >= 4 is 5.97 Å². The smallest absolute Gasteiger partial charge is 0.103 e. The molecule has 0 spiro atoms. The van der Waals surface area contributed by atoms with Crippen LogP contribution in [-0.2, 0) is 4.79 Å². The Morgan fingerprint density at radius 3 is 1.78 bits per heavy atom. The van der Waals surface area contributed by atoms with Gasteiger partial charge in [0.1, 0.15) is 5.76 Å². The summed E-state index contributed by atoms with van der Waals surface area (Å²) in [6, 6.07) is 0. The number of unbranched alkanes of at least 4 members (excludes halogenated alkanes) is 9. The van der Waals surface area contributed by atoms with Gasteiger partial charge in [-0.25, -0.2) is 0 Å². The zero-order valence-corrected chi connectivity index (χ0v) is 26.1. The Balaban J connectivity index is 3.14. The Morgan fingerprint density at radius 1 is 0.892 bits per heavy atom. The van der Waals surface area contributed by atoms with Crippen molar-refractivity contribution in [2.45, 2.75) is 159 Å². The van der Waals surface area contributed by atoms with E-state index in [9.17, 15) is 15.0 Å². The van der Waals surface area contributed by atoms with E-state index in [1.54, 1.807) is 0 Å². The molecule has 0 aromatic rings. The zero-order valence-electron chi connectivity index (χ0n) is 26.1. The third-order valence-electron chi connectivity index (χ3n) is 9.13. The van der Waals surface area contributed by atoms with Gasteiger partial charge in [-0.05, 0) is 48.0 Å². The van der Waals surface area contributed by atoms with Gasteiger partial charge in [-0.3, -0.25) is 0 Å². The van der Waals surface area contributed by atoms with Gasteiger partial charge >= 0.3 is 0 Å². The zero-order chi connectivity index (χ0) is 28.3. The van der Waals surface area contributed by atoms with E-state index in [-0.39, 0.29) is 16.7 Å². The fourth-order valence-electron chi connectivity index (χ4n) is 5.95. The van der Waals surface area contributed by atoms with Crippen LogP contribution >= 0.6 is 0 Å². The van der Waals surface area contributed by atoms with Crippen LogP contribution in [0.3, 0.4) is 0 Å². The highest BCUT2D eigenvalue weighted by molar-refractivity contribution is 5.68. The molecule has 0 aliphatic heterocycles. The minimum absolute atomic E-state index is 0.151. The Kier molecular flexibility index (Phi) is 14.0. The van der Waals surface area contributed by atoms with Crippen molar-refractivity contribution in [1.82, 2.24) is 0 Å². The van der Waals surface area contributed by atoms with Gasteiger partial charge in [0.25, 0.3) is 0 Å². The maximum Gasteiger partial charge on any atom is 0.103 e. The van der Waals surface area contributed by atoms with Crippen molar-refractivity contribution < 1.29 is 15.0 Å². The molecule has 216 valence electrons. The second-order valence-electron chi connectivity index (χ2n) is 14.2. The number of carboxylic acids is 1. The quantitative estimate of drug-likeness (QED) is 0.195. The third kappa shape index (κ3) is 10.4. The predicted molar refractivity (Wildman–Crippen MR) is 157 cm³/mol. The first-order chi connectivity index (χ1) is 17.2. The van der Waals surface area contributed by atoms with Crippen LogP contribution in [0.2, 0.25) is 0 Å². The lowest BCUT2D eigenvalue weighted by atomic mass is 9.58. The highest BCUT2D eigenvalue weighted by Crippen LogP contribution is 2.54. The van der Waals surface area contributed by atoms with Crippen LogP contribution in [0.5, 0.6) is 0 Å². The first-order valence-electron chi connectivity index (χ1n) is 15.5. The summed E-state index contributed by atoms with van der Waals surface area (Å²) in [6.07, 6.45) is 18.8. The number of aliphatic carboxylic acids is 1. The number of carboxylic acid groups (broad SMARTS) is 1. The van der Waals surface area contributed by atoms with E-state index in [0.717, 1.165) is 36.8 Å². The second kappa shape index (κ2) is 15.4. The summed E-state index contributed by atoms with van der Waals surface area (Å²) >= 11 is 0. The Labute approximate surface area is 230 Å². The monoisotopic (exact) mass is 517 g/mol. The Bertz CT molecular complexity index is 746. The molecule has 3 nitrogen and oxygen atoms in total. The van der Waals surface area contributed by atoms with Crippen molar-refractivity contribution in [3.63, 3.8) is 0 Å². The highest BCUT2D eigenvalue weighted by atomic mass is 16.4. The van der Waals surface area contributed by atoms with Crippen LogP contribution in [0.25, 0.3) is 0 Å². The van der Waals surface area contributed by atoms with Crippen molar-refractivity contribution in [1.29, 1.82) is 0 Å². The summed E-state index contributed by atoms with van der Waals surface area (Å²) < 4.78 is 0. The summed E-state index contributed by atoms with van der Waals surface area (Å²) in [5.41, 5.74) is 1.32. The van der Waals surface area contributed by atoms with Gasteiger partial charge in [-0.15, -0.1) is 0 Å². The van der Waals surface area contributed by atoms with Crippen LogP contribution in [0.4, 0.5) is 0 Å². The molecule has 0 aromatic heterocycles. The molecule has 0 saturated carbocycles. The molecule has 3 heteroatoms. The minimum Gasteiger partial charge on any atom is -0.550 e. The summed E-state index contributed by atoms with van der Waals surface area (Å²) in [5, 5.41) is 24.0. The number of hydrogen-bond donors (Lipinski definition) is 1. The first kappa shape index (κ1) is 33.8. The Morgan fingerprint density at radius 2 is 1.35 bits per heavy atom. The fraction of sp³-hybridized carbons (Fsp3) is 0.853. The van der Waals surface area contributed by atoms with E-state index in [0.29, 0.717) is 18.6 Å². The third-order valence-corrected chi connectivity index (χ3v) is 9.13. The van der Waals surface area contributed by atoms with E-state index >= 15 is 0 Å². The van der Waals surface area contributed by atoms with E-state index in [1.807, 2.05) is 0 Å². The normalized spacial score (nSPS) is 20.6. The van der Waals surface area contributed by atoms with Crippen LogP contribution in [0, 0.1) is 28.1 Å². The predicted octanol–water partition coefficient (Wildman–Crippen LogP) is 9.71. The fourth-order valence-corrected chi connectivity index (χ4v) is 5.95. The van der Waals surface area contributed by atoms with Crippen molar-refractivity contribution in [3.8, 4) is 0 Å². The molecule has 3 unspecified atom stereocenters. The average molecular weight is 518 g/mol. The molecule has 1 aliphatic carbocycles. The number of allylic oxidation sites excluding steroid dienone is 4. The number of hydrogen-bond acceptors (Lipinski definition) is 3. The second-order valence-corrected chi connectivity index (χ2v) is 14.2. The number of carbonyl (C=O) groups is 1. The van der Waals surface area contributed by atoms with Crippen LogP contribution in [0.1, 0.15) is 159 Å². The molecule has 0 bridgehead atoms. The van der Waals surface area contributed by atoms with Crippen LogP contribution in [-0.4, -0.2) is 11.1 Å². The largest absolute Gasteiger partial charge is 0.550 e. The lowest BCUT2D eigenvalue weighted by Gasteiger charge is -2.47. The van der Waals surface area contributed by atoms with Gasteiger partial charge in [0.2, 0.25) is 0 Å². The molecule has 0 fully saturated rings. The molecule has 0 amide bonds. The molecular formula is C34H61O3-. The Hall–Kier alpha value is -1.25. The molecular weight excluding hydrogens is 456 g/mol. The summed E-state index contributed by atoms with van der Waals surface area (Å²) in [5.74, 6) is -0.714. The van der Waals surface area contributed by atoms with Gasteiger partial charge < -0.3 is 15.0 Å². The van der Waals surface area contributed by atoms with E-state index in [2.05, 4.69) is 68.4 Å². The topological polar surface area (TPSA) is 60.4 Å². The average Bonchev–Trinajstić information content (AvgIpc) is 2.79. The number of rotatable bonds is 17. The van der Waals surface area contributed by atoms with Crippen molar-refractivity contribution in [3.05, 3.63) is 23.0 Å². The standard InChI is InChI=1S/C34H62O3/c1-10-12-14-16-17-18-20-22-27(21-19-15-13-11-2)28(31(36)37)23-26-24-29(32(3,4)5)30(35)34(9,25-26)33(6,7)8/h24,27-28,35H,10-23,25H2,1-9H3,(H,36,37)/p-1. The lowest BCUT2D eigenvalue weighted by molar-refractivity contribution is -0.313. The van der Waals surface area contributed by atoms with Crippen molar-refractivity contribution in [2.75, 3.05) is 0 Å². The van der Waals surface area contributed by atoms with E-state index < -0.39 is 17.3 Å². The van der Waals surface area contributed by atoms with Gasteiger partial charge in [-0.2, -0.15) is 0 Å². The number of carbonyl (C=O) groups excluding carboxylic acids is 1. The molecule has 0 radical (unpaired) electrons. The van der Waals surface area contributed by atoms with E-state index in [1.165, 1.54) is 57.8 Å². The number of aliphatic hydroxyl groups excluding tert-OH is 1. The molecule has 3 atom stereocenters. The summed E-state index contributed by atoms with van der Waals surface area (Å²) in [6.45, 7) is 19.6. The molecule has 0 aromatic carbocycles. The van der Waals surface area contributed by atoms with E-state index in [4.69, 9.17) is 0 Å². The molecule has 1 aliphatic rings.